The highest BCUT2D eigenvalue weighted by Crippen LogP contribution is 2.36. The van der Waals surface area contributed by atoms with E-state index >= 15 is 0 Å². The van der Waals surface area contributed by atoms with Gasteiger partial charge in [0.25, 0.3) is 0 Å². The van der Waals surface area contributed by atoms with Gasteiger partial charge < -0.3 is 15.2 Å². The summed E-state index contributed by atoms with van der Waals surface area (Å²) in [5, 5.41) is 15.4. The maximum absolute atomic E-state index is 13.6. The zero-order valence-corrected chi connectivity index (χ0v) is 21.0. The van der Waals surface area contributed by atoms with Gasteiger partial charge in [-0.05, 0) is 57.1 Å². The SMILES string of the molecule is CC(C)C[C@H](NC(=O)[C@@H]1CCCN1C(=O)OC(C)(C)C)C(O)(c1ccccc1)c1ccccc1. The molecule has 34 heavy (non-hydrogen) atoms. The predicted octanol–water partition coefficient (Wildman–Crippen LogP) is 4.85. The maximum atomic E-state index is 13.6. The van der Waals surface area contributed by atoms with Gasteiger partial charge >= 0.3 is 6.09 Å². The van der Waals surface area contributed by atoms with Crippen molar-refractivity contribution < 1.29 is 19.4 Å². The fraction of sp³-hybridized carbons (Fsp3) is 0.500. The van der Waals surface area contributed by atoms with E-state index in [9.17, 15) is 14.7 Å². The molecule has 3 rings (SSSR count). The lowest BCUT2D eigenvalue weighted by atomic mass is 9.77. The molecule has 2 atom stereocenters. The number of benzene rings is 2. The maximum Gasteiger partial charge on any atom is 0.410 e. The van der Waals surface area contributed by atoms with E-state index in [-0.39, 0.29) is 11.8 Å². The van der Waals surface area contributed by atoms with E-state index in [0.717, 1.165) is 6.42 Å². The van der Waals surface area contributed by atoms with Gasteiger partial charge in [-0.2, -0.15) is 0 Å². The molecule has 0 radical (unpaired) electrons. The Balaban J connectivity index is 1.94. The highest BCUT2D eigenvalue weighted by Gasteiger charge is 2.44. The van der Waals surface area contributed by atoms with Gasteiger partial charge in [-0.1, -0.05) is 74.5 Å². The van der Waals surface area contributed by atoms with E-state index in [1.807, 2.05) is 81.4 Å². The molecule has 1 heterocycles. The molecular weight excluding hydrogens is 428 g/mol. The number of aliphatic hydroxyl groups is 1. The number of hydrogen-bond acceptors (Lipinski definition) is 4. The fourth-order valence-corrected chi connectivity index (χ4v) is 4.61. The van der Waals surface area contributed by atoms with Crippen LogP contribution in [0.3, 0.4) is 0 Å². The molecule has 1 fully saturated rings. The summed E-state index contributed by atoms with van der Waals surface area (Å²) in [6.07, 6.45) is 1.38. The number of carbonyl (C=O) groups excluding carboxylic acids is 2. The van der Waals surface area contributed by atoms with Crippen LogP contribution in [0.25, 0.3) is 0 Å². The van der Waals surface area contributed by atoms with Gasteiger partial charge in [-0.3, -0.25) is 9.69 Å². The minimum atomic E-state index is -1.43. The van der Waals surface area contributed by atoms with E-state index in [0.29, 0.717) is 30.5 Å². The smallest absolute Gasteiger partial charge is 0.410 e. The molecule has 6 heteroatoms. The van der Waals surface area contributed by atoms with Crippen LogP contribution in [-0.4, -0.2) is 46.2 Å². The van der Waals surface area contributed by atoms with Crippen molar-refractivity contribution in [2.75, 3.05) is 6.54 Å². The summed E-state index contributed by atoms with van der Waals surface area (Å²) in [6.45, 7) is 10.1. The Labute approximate surface area is 203 Å². The summed E-state index contributed by atoms with van der Waals surface area (Å²) in [5.74, 6) is -0.0471. The number of nitrogens with zero attached hydrogens (tertiary/aromatic N) is 1. The van der Waals surface area contributed by atoms with Gasteiger partial charge in [0.1, 0.15) is 17.2 Å². The third-order valence-electron chi connectivity index (χ3n) is 6.14. The molecule has 0 aliphatic carbocycles. The van der Waals surface area contributed by atoms with Crippen molar-refractivity contribution in [2.24, 2.45) is 5.92 Å². The van der Waals surface area contributed by atoms with E-state index < -0.39 is 29.4 Å². The zero-order chi connectivity index (χ0) is 24.9. The number of carbonyl (C=O) groups is 2. The lowest BCUT2D eigenvalue weighted by molar-refractivity contribution is -0.128. The van der Waals surface area contributed by atoms with Crippen LogP contribution in [0.5, 0.6) is 0 Å². The molecule has 6 nitrogen and oxygen atoms in total. The van der Waals surface area contributed by atoms with Crippen molar-refractivity contribution in [1.82, 2.24) is 10.2 Å². The molecular formula is C28H38N2O4. The summed E-state index contributed by atoms with van der Waals surface area (Å²) >= 11 is 0. The van der Waals surface area contributed by atoms with Crippen LogP contribution < -0.4 is 5.32 Å². The van der Waals surface area contributed by atoms with Crippen molar-refractivity contribution >= 4 is 12.0 Å². The first-order valence-electron chi connectivity index (χ1n) is 12.2. The number of rotatable bonds is 7. The van der Waals surface area contributed by atoms with Crippen LogP contribution in [0.4, 0.5) is 4.79 Å². The number of hydrogen-bond donors (Lipinski definition) is 2. The van der Waals surface area contributed by atoms with Crippen LogP contribution in [0, 0.1) is 5.92 Å². The second-order valence-corrected chi connectivity index (χ2v) is 10.5. The monoisotopic (exact) mass is 466 g/mol. The highest BCUT2D eigenvalue weighted by atomic mass is 16.6. The van der Waals surface area contributed by atoms with E-state index in [4.69, 9.17) is 4.74 Å². The lowest BCUT2D eigenvalue weighted by Gasteiger charge is -2.39. The van der Waals surface area contributed by atoms with Crippen molar-refractivity contribution in [1.29, 1.82) is 0 Å². The molecule has 2 amide bonds. The Hall–Kier alpha value is -2.86. The van der Waals surface area contributed by atoms with Crippen molar-refractivity contribution in [3.8, 4) is 0 Å². The Kier molecular flexibility index (Phi) is 8.03. The Morgan fingerprint density at radius 2 is 1.56 bits per heavy atom. The van der Waals surface area contributed by atoms with E-state index in [1.165, 1.54) is 4.90 Å². The second-order valence-electron chi connectivity index (χ2n) is 10.5. The quantitative estimate of drug-likeness (QED) is 0.611. The van der Waals surface area contributed by atoms with Crippen molar-refractivity contribution in [3.63, 3.8) is 0 Å². The molecule has 0 saturated carbocycles. The Bertz CT molecular complexity index is 914. The van der Waals surface area contributed by atoms with Crippen LogP contribution in [0.15, 0.2) is 60.7 Å². The summed E-state index contributed by atoms with van der Waals surface area (Å²) in [6, 6.07) is 17.7. The van der Waals surface area contributed by atoms with Gasteiger partial charge in [-0.15, -0.1) is 0 Å². The fourth-order valence-electron chi connectivity index (χ4n) is 4.61. The third-order valence-corrected chi connectivity index (χ3v) is 6.14. The molecule has 0 bridgehead atoms. The average Bonchev–Trinajstić information content (AvgIpc) is 3.28. The molecule has 0 spiro atoms. The standard InChI is InChI=1S/C28H38N2O4/c1-20(2)19-24(28(33,21-13-8-6-9-14-21)22-15-10-7-11-16-22)29-25(31)23-17-12-18-30(23)26(32)34-27(3,4)5/h6-11,13-16,20,23-24,33H,12,17-19H2,1-5H3,(H,29,31)/t23-,24-/m0/s1. The number of ether oxygens (including phenoxy) is 1. The first-order valence-corrected chi connectivity index (χ1v) is 12.2. The second kappa shape index (κ2) is 10.6. The van der Waals surface area contributed by atoms with Gasteiger partial charge in [-0.25, -0.2) is 4.79 Å². The van der Waals surface area contributed by atoms with Gasteiger partial charge in [0.2, 0.25) is 5.91 Å². The van der Waals surface area contributed by atoms with Crippen molar-refractivity contribution in [2.45, 2.75) is 77.2 Å². The van der Waals surface area contributed by atoms with Gasteiger partial charge in [0.15, 0.2) is 0 Å². The van der Waals surface area contributed by atoms with Crippen LogP contribution in [0.1, 0.15) is 65.0 Å². The van der Waals surface area contributed by atoms with E-state index in [1.54, 1.807) is 0 Å². The zero-order valence-electron chi connectivity index (χ0n) is 21.0. The molecule has 1 saturated heterocycles. The largest absolute Gasteiger partial charge is 0.444 e. The molecule has 1 aliphatic rings. The van der Waals surface area contributed by atoms with E-state index in [2.05, 4.69) is 19.2 Å². The topological polar surface area (TPSA) is 78.9 Å². The summed E-state index contributed by atoms with van der Waals surface area (Å²) in [4.78, 5) is 27.8. The summed E-state index contributed by atoms with van der Waals surface area (Å²) < 4.78 is 5.54. The highest BCUT2D eigenvalue weighted by molar-refractivity contribution is 5.86. The van der Waals surface area contributed by atoms with Crippen LogP contribution >= 0.6 is 0 Å². The average molecular weight is 467 g/mol. The van der Waals surface area contributed by atoms with Crippen LogP contribution in [0.2, 0.25) is 0 Å². The molecule has 184 valence electrons. The minimum Gasteiger partial charge on any atom is -0.444 e. The molecule has 2 aromatic rings. The molecule has 2 aromatic carbocycles. The molecule has 0 aromatic heterocycles. The number of nitrogens with one attached hydrogen (secondary N) is 1. The molecule has 1 aliphatic heterocycles. The van der Waals surface area contributed by atoms with Crippen molar-refractivity contribution in [3.05, 3.63) is 71.8 Å². The predicted molar refractivity (Wildman–Crippen MR) is 133 cm³/mol. The number of amides is 2. The molecule has 2 N–H and O–H groups in total. The van der Waals surface area contributed by atoms with Gasteiger partial charge in [0, 0.05) is 6.54 Å². The van der Waals surface area contributed by atoms with Crippen LogP contribution in [-0.2, 0) is 15.1 Å². The molecule has 0 unspecified atom stereocenters. The summed E-state index contributed by atoms with van der Waals surface area (Å²) in [5.41, 5.74) is -0.648. The minimum absolute atomic E-state index is 0.217. The first kappa shape index (κ1) is 25.8. The lowest BCUT2D eigenvalue weighted by Crippen LogP contribution is -2.56. The number of likely N-dealkylation sites (tertiary alicyclic amines) is 1. The Morgan fingerprint density at radius 3 is 2.03 bits per heavy atom. The third kappa shape index (κ3) is 5.98. The summed E-state index contributed by atoms with van der Waals surface area (Å²) in [7, 11) is 0. The normalized spacial score (nSPS) is 17.5. The first-order chi connectivity index (χ1) is 16.0. The Morgan fingerprint density at radius 1 is 1.03 bits per heavy atom. The van der Waals surface area contributed by atoms with Gasteiger partial charge in [0.05, 0.1) is 6.04 Å².